The van der Waals surface area contributed by atoms with Gasteiger partial charge in [-0.15, -0.1) is 0 Å². The van der Waals surface area contributed by atoms with E-state index in [0.29, 0.717) is 18.7 Å². The summed E-state index contributed by atoms with van der Waals surface area (Å²) in [5, 5.41) is 3.00. The molecule has 0 aliphatic carbocycles. The molecule has 0 aromatic heterocycles. The second kappa shape index (κ2) is 13.8. The monoisotopic (exact) mass is 518 g/mol. The third kappa shape index (κ3) is 8.44. The number of rotatable bonds is 12. The molecule has 0 spiro atoms. The Bertz CT molecular complexity index is 1170. The van der Waals surface area contributed by atoms with Crippen LogP contribution in [0.15, 0.2) is 78.9 Å². The molecule has 0 unspecified atom stereocenters. The molecule has 0 aliphatic rings. The molecule has 38 heavy (non-hydrogen) atoms. The van der Waals surface area contributed by atoms with E-state index in [9.17, 15) is 14.0 Å². The van der Waals surface area contributed by atoms with E-state index >= 15 is 0 Å². The summed E-state index contributed by atoms with van der Waals surface area (Å²) < 4.78 is 19.7. The van der Waals surface area contributed by atoms with Gasteiger partial charge < -0.3 is 15.0 Å². The van der Waals surface area contributed by atoms with Crippen molar-refractivity contribution in [1.82, 2.24) is 10.2 Å². The Morgan fingerprint density at radius 2 is 1.58 bits per heavy atom. The van der Waals surface area contributed by atoms with Crippen LogP contribution in [0, 0.1) is 5.82 Å². The summed E-state index contributed by atoms with van der Waals surface area (Å²) in [4.78, 5) is 28.8. The van der Waals surface area contributed by atoms with Crippen LogP contribution < -0.4 is 10.1 Å². The van der Waals surface area contributed by atoms with Crippen LogP contribution in [0.3, 0.4) is 0 Å². The Kier molecular flexibility index (Phi) is 10.5. The molecule has 6 heteroatoms. The van der Waals surface area contributed by atoms with Gasteiger partial charge in [0.05, 0.1) is 0 Å². The number of ether oxygens (including phenoxy) is 1. The van der Waals surface area contributed by atoms with Gasteiger partial charge in [-0.2, -0.15) is 0 Å². The van der Waals surface area contributed by atoms with Crippen molar-refractivity contribution in [2.24, 2.45) is 0 Å². The van der Waals surface area contributed by atoms with Crippen LogP contribution in [-0.4, -0.2) is 35.9 Å². The summed E-state index contributed by atoms with van der Waals surface area (Å²) in [6.45, 7) is 8.81. The second-order valence-electron chi connectivity index (χ2n) is 10.5. The van der Waals surface area contributed by atoms with Crippen molar-refractivity contribution in [3.63, 3.8) is 0 Å². The van der Waals surface area contributed by atoms with Gasteiger partial charge in [-0.05, 0) is 46.7 Å². The Morgan fingerprint density at radius 1 is 0.921 bits per heavy atom. The highest BCUT2D eigenvalue weighted by Gasteiger charge is 2.31. The molecule has 1 atom stereocenters. The molecule has 1 N–H and O–H groups in total. The van der Waals surface area contributed by atoms with Crippen LogP contribution in [0.5, 0.6) is 5.75 Å². The van der Waals surface area contributed by atoms with Crippen LogP contribution in [0.25, 0.3) is 0 Å². The van der Waals surface area contributed by atoms with E-state index in [0.717, 1.165) is 29.5 Å². The summed E-state index contributed by atoms with van der Waals surface area (Å²) in [5.74, 6) is -0.244. The fraction of sp³-hybridized carbons (Fsp3) is 0.375. The molecule has 0 bridgehead atoms. The third-order valence-corrected chi connectivity index (χ3v) is 6.41. The van der Waals surface area contributed by atoms with Gasteiger partial charge in [0, 0.05) is 19.5 Å². The Morgan fingerprint density at radius 3 is 2.24 bits per heavy atom. The van der Waals surface area contributed by atoms with Gasteiger partial charge in [-0.1, -0.05) is 94.8 Å². The van der Waals surface area contributed by atoms with Gasteiger partial charge in [0.1, 0.15) is 17.6 Å². The Balaban J connectivity index is 1.91. The molecule has 0 aliphatic heterocycles. The van der Waals surface area contributed by atoms with E-state index in [2.05, 4.69) is 33.0 Å². The van der Waals surface area contributed by atoms with E-state index in [1.54, 1.807) is 17.0 Å². The largest absolute Gasteiger partial charge is 0.483 e. The molecule has 3 rings (SSSR count). The first kappa shape index (κ1) is 28.9. The summed E-state index contributed by atoms with van der Waals surface area (Å²) in [5.41, 5.74) is 2.51. The second-order valence-corrected chi connectivity index (χ2v) is 10.5. The zero-order valence-corrected chi connectivity index (χ0v) is 22.9. The molecule has 5 nitrogen and oxygen atoms in total. The average molecular weight is 519 g/mol. The smallest absolute Gasteiger partial charge is 0.261 e. The normalized spacial score (nSPS) is 12.0. The van der Waals surface area contributed by atoms with Crippen molar-refractivity contribution in [3.05, 3.63) is 101 Å². The zero-order valence-electron chi connectivity index (χ0n) is 22.9. The summed E-state index contributed by atoms with van der Waals surface area (Å²) in [6.07, 6.45) is 2.15. The first-order valence-electron chi connectivity index (χ1n) is 13.3. The van der Waals surface area contributed by atoms with Crippen molar-refractivity contribution < 1.29 is 18.7 Å². The van der Waals surface area contributed by atoms with E-state index < -0.39 is 6.04 Å². The van der Waals surface area contributed by atoms with E-state index in [1.807, 2.05) is 54.6 Å². The number of benzene rings is 3. The highest BCUT2D eigenvalue weighted by Crippen LogP contribution is 2.31. The highest BCUT2D eigenvalue weighted by atomic mass is 19.1. The quantitative estimate of drug-likeness (QED) is 0.297. The number of hydrogen-bond acceptors (Lipinski definition) is 3. The number of nitrogens with zero attached hydrogens (tertiary/aromatic N) is 1. The lowest BCUT2D eigenvalue weighted by atomic mass is 9.86. The topological polar surface area (TPSA) is 58.6 Å². The molecular formula is C32H39FN2O3. The van der Waals surface area contributed by atoms with Crippen molar-refractivity contribution >= 4 is 11.8 Å². The third-order valence-electron chi connectivity index (χ3n) is 6.41. The van der Waals surface area contributed by atoms with Gasteiger partial charge in [0.15, 0.2) is 6.61 Å². The Hall–Kier alpha value is -3.67. The molecule has 0 fully saturated rings. The minimum Gasteiger partial charge on any atom is -0.483 e. The number of carbonyl (C=O) groups excluding carboxylic acids is 2. The van der Waals surface area contributed by atoms with Crippen molar-refractivity contribution in [1.29, 1.82) is 0 Å². The number of para-hydroxylation sites is 1. The molecular weight excluding hydrogens is 479 g/mol. The van der Waals surface area contributed by atoms with Crippen molar-refractivity contribution in [3.8, 4) is 5.75 Å². The number of unbranched alkanes of at least 4 members (excludes halogenated alkanes) is 1. The van der Waals surface area contributed by atoms with E-state index in [1.165, 1.54) is 12.1 Å². The van der Waals surface area contributed by atoms with Crippen molar-refractivity contribution in [2.45, 2.75) is 65.0 Å². The first-order valence-corrected chi connectivity index (χ1v) is 13.3. The molecule has 3 aromatic rings. The lowest BCUT2D eigenvalue weighted by molar-refractivity contribution is -0.142. The van der Waals surface area contributed by atoms with Crippen molar-refractivity contribution in [2.75, 3.05) is 13.2 Å². The lowest BCUT2D eigenvalue weighted by Crippen LogP contribution is -2.51. The number of amides is 2. The maximum Gasteiger partial charge on any atom is 0.261 e. The predicted octanol–water partition coefficient (Wildman–Crippen LogP) is 6.06. The van der Waals surface area contributed by atoms with E-state index in [-0.39, 0.29) is 36.2 Å². The maximum atomic E-state index is 13.8. The molecule has 3 aromatic carbocycles. The van der Waals surface area contributed by atoms with Crippen LogP contribution in [0.4, 0.5) is 4.39 Å². The summed E-state index contributed by atoms with van der Waals surface area (Å²) in [7, 11) is 0. The lowest BCUT2D eigenvalue weighted by Gasteiger charge is -2.32. The van der Waals surface area contributed by atoms with Crippen LogP contribution >= 0.6 is 0 Å². The molecule has 0 radical (unpaired) electrons. The maximum absolute atomic E-state index is 13.8. The minimum absolute atomic E-state index is 0.155. The zero-order chi connectivity index (χ0) is 27.5. The molecule has 202 valence electrons. The molecule has 2 amide bonds. The predicted molar refractivity (Wildman–Crippen MR) is 149 cm³/mol. The minimum atomic E-state index is -0.756. The van der Waals surface area contributed by atoms with Gasteiger partial charge in [0.25, 0.3) is 5.91 Å². The standard InChI is InChI=1S/C32H39FN2O3/c1-5-6-20-34-31(37)28(21-24-12-8-7-9-13-24)35(22-25-16-18-26(33)19-17-25)30(36)23-38-29-15-11-10-14-27(29)32(2,3)4/h7-19,28H,5-6,20-23H2,1-4H3,(H,34,37)/t28-/m1/s1. The van der Waals surface area contributed by atoms with Gasteiger partial charge >= 0.3 is 0 Å². The van der Waals surface area contributed by atoms with Crippen LogP contribution in [0.1, 0.15) is 57.2 Å². The van der Waals surface area contributed by atoms with Gasteiger partial charge in [-0.25, -0.2) is 4.39 Å². The number of nitrogens with one attached hydrogen (secondary N) is 1. The summed E-state index contributed by atoms with van der Waals surface area (Å²) in [6, 6.07) is 22.6. The van der Waals surface area contributed by atoms with E-state index in [4.69, 9.17) is 4.74 Å². The average Bonchev–Trinajstić information content (AvgIpc) is 2.90. The number of halogens is 1. The molecule has 0 heterocycles. The first-order chi connectivity index (χ1) is 18.2. The molecule has 0 saturated heterocycles. The number of carbonyl (C=O) groups is 2. The SMILES string of the molecule is CCCCNC(=O)[C@@H](Cc1ccccc1)N(Cc1ccc(F)cc1)C(=O)COc1ccccc1C(C)(C)C. The molecule has 0 saturated carbocycles. The summed E-state index contributed by atoms with van der Waals surface area (Å²) >= 11 is 0. The van der Waals surface area contributed by atoms with Crippen LogP contribution in [0.2, 0.25) is 0 Å². The highest BCUT2D eigenvalue weighted by molar-refractivity contribution is 5.88. The fourth-order valence-electron chi connectivity index (χ4n) is 4.28. The van der Waals surface area contributed by atoms with Crippen LogP contribution in [-0.2, 0) is 28.0 Å². The van der Waals surface area contributed by atoms with Gasteiger partial charge in [-0.3, -0.25) is 9.59 Å². The number of hydrogen-bond donors (Lipinski definition) is 1. The Labute approximate surface area is 226 Å². The fourth-order valence-corrected chi connectivity index (χ4v) is 4.28. The van der Waals surface area contributed by atoms with Gasteiger partial charge in [0.2, 0.25) is 5.91 Å².